The second-order valence-corrected chi connectivity index (χ2v) is 6.04. The maximum atomic E-state index is 12.3. The van der Waals surface area contributed by atoms with Crippen LogP contribution in [0.25, 0.3) is 6.08 Å². The largest absolute Gasteiger partial charge is 0.488 e. The van der Waals surface area contributed by atoms with Gasteiger partial charge in [-0.25, -0.2) is 0 Å². The third-order valence-corrected chi connectivity index (χ3v) is 3.96. The molecule has 0 bridgehead atoms. The van der Waals surface area contributed by atoms with Gasteiger partial charge in [0.05, 0.1) is 18.1 Å². The van der Waals surface area contributed by atoms with Crippen LogP contribution in [-0.4, -0.2) is 12.5 Å². The summed E-state index contributed by atoms with van der Waals surface area (Å²) >= 11 is 3.41. The van der Waals surface area contributed by atoms with E-state index in [0.29, 0.717) is 17.7 Å². The van der Waals surface area contributed by atoms with Gasteiger partial charge in [-0.3, -0.25) is 4.79 Å². The van der Waals surface area contributed by atoms with Crippen LogP contribution in [0.2, 0.25) is 0 Å². The van der Waals surface area contributed by atoms with Crippen LogP contribution in [0.15, 0.2) is 52.5 Å². The summed E-state index contributed by atoms with van der Waals surface area (Å²) in [6.07, 6.45) is 2.20. The SMILES string of the molecule is N#CCc1ccc(NC(=O)C2=Cc3cc(Br)ccc3OC2)cc1. The van der Waals surface area contributed by atoms with Crippen molar-refractivity contribution < 1.29 is 9.53 Å². The quantitative estimate of drug-likeness (QED) is 0.892. The van der Waals surface area contributed by atoms with E-state index in [2.05, 4.69) is 27.3 Å². The fourth-order valence-electron chi connectivity index (χ4n) is 2.29. The Morgan fingerprint density at radius 2 is 2.04 bits per heavy atom. The van der Waals surface area contributed by atoms with Gasteiger partial charge in [0, 0.05) is 15.7 Å². The van der Waals surface area contributed by atoms with Crippen molar-refractivity contribution in [3.8, 4) is 11.8 Å². The van der Waals surface area contributed by atoms with Crippen molar-refractivity contribution in [1.82, 2.24) is 0 Å². The Labute approximate surface area is 142 Å². The number of hydrogen-bond donors (Lipinski definition) is 1. The predicted octanol–water partition coefficient (Wildman–Crippen LogP) is 3.93. The van der Waals surface area contributed by atoms with Crippen LogP contribution in [0.5, 0.6) is 5.75 Å². The van der Waals surface area contributed by atoms with Gasteiger partial charge in [-0.2, -0.15) is 5.26 Å². The number of nitrogens with zero attached hydrogens (tertiary/aromatic N) is 1. The molecule has 0 unspecified atom stereocenters. The van der Waals surface area contributed by atoms with Gasteiger partial charge in [-0.05, 0) is 42.0 Å². The number of amides is 1. The Hall–Kier alpha value is -2.58. The number of hydrogen-bond acceptors (Lipinski definition) is 3. The molecule has 0 radical (unpaired) electrons. The van der Waals surface area contributed by atoms with Gasteiger partial charge < -0.3 is 10.1 Å². The average molecular weight is 369 g/mol. The van der Waals surface area contributed by atoms with E-state index in [1.807, 2.05) is 36.4 Å². The summed E-state index contributed by atoms with van der Waals surface area (Å²) in [7, 11) is 0. The van der Waals surface area contributed by atoms with Gasteiger partial charge in [0.25, 0.3) is 5.91 Å². The van der Waals surface area contributed by atoms with E-state index in [1.165, 1.54) is 0 Å². The normalized spacial score (nSPS) is 12.4. The lowest BCUT2D eigenvalue weighted by molar-refractivity contribution is -0.113. The van der Waals surface area contributed by atoms with Gasteiger partial charge >= 0.3 is 0 Å². The Bertz CT molecular complexity index is 820. The van der Waals surface area contributed by atoms with Crippen molar-refractivity contribution in [2.24, 2.45) is 0 Å². The lowest BCUT2D eigenvalue weighted by Gasteiger charge is -2.18. The summed E-state index contributed by atoms with van der Waals surface area (Å²) in [5, 5.41) is 11.5. The van der Waals surface area contributed by atoms with Crippen LogP contribution in [0.3, 0.4) is 0 Å². The van der Waals surface area contributed by atoms with E-state index >= 15 is 0 Å². The van der Waals surface area contributed by atoms with Crippen molar-refractivity contribution in [3.05, 3.63) is 63.6 Å². The van der Waals surface area contributed by atoms with Crippen molar-refractivity contribution in [2.45, 2.75) is 6.42 Å². The predicted molar refractivity (Wildman–Crippen MR) is 92.0 cm³/mol. The molecule has 3 rings (SSSR count). The topological polar surface area (TPSA) is 62.1 Å². The van der Waals surface area contributed by atoms with Crippen molar-refractivity contribution in [1.29, 1.82) is 5.26 Å². The van der Waals surface area contributed by atoms with Crippen LogP contribution < -0.4 is 10.1 Å². The molecule has 1 amide bonds. The second-order valence-electron chi connectivity index (χ2n) is 5.13. The number of benzene rings is 2. The molecular formula is C18H13BrN2O2. The number of nitrogens with one attached hydrogen (secondary N) is 1. The number of carbonyl (C=O) groups is 1. The summed E-state index contributed by atoms with van der Waals surface area (Å²) in [6.45, 7) is 0.243. The van der Waals surface area contributed by atoms with E-state index in [0.717, 1.165) is 21.3 Å². The Morgan fingerprint density at radius 1 is 1.26 bits per heavy atom. The minimum Gasteiger partial charge on any atom is -0.488 e. The van der Waals surface area contributed by atoms with Crippen LogP contribution in [0.4, 0.5) is 5.69 Å². The molecule has 0 spiro atoms. The van der Waals surface area contributed by atoms with Gasteiger partial charge in [0.2, 0.25) is 0 Å². The van der Waals surface area contributed by atoms with Crippen LogP contribution in [-0.2, 0) is 11.2 Å². The van der Waals surface area contributed by atoms with Crippen molar-refractivity contribution in [2.75, 3.05) is 11.9 Å². The molecule has 0 saturated heterocycles. The van der Waals surface area contributed by atoms with Crippen LogP contribution in [0, 0.1) is 11.3 Å². The summed E-state index contributed by atoms with van der Waals surface area (Å²) in [5.41, 5.74) is 3.05. The van der Waals surface area contributed by atoms with E-state index in [-0.39, 0.29) is 12.5 Å². The zero-order valence-corrected chi connectivity index (χ0v) is 13.8. The van der Waals surface area contributed by atoms with E-state index in [1.54, 1.807) is 12.1 Å². The smallest absolute Gasteiger partial charge is 0.255 e. The lowest BCUT2D eigenvalue weighted by Crippen LogP contribution is -2.21. The number of rotatable bonds is 3. The summed E-state index contributed by atoms with van der Waals surface area (Å²) < 4.78 is 6.55. The number of halogens is 1. The maximum absolute atomic E-state index is 12.3. The molecule has 5 heteroatoms. The molecule has 0 aromatic heterocycles. The van der Waals surface area contributed by atoms with Crippen molar-refractivity contribution >= 4 is 33.6 Å². The fraction of sp³-hybridized carbons (Fsp3) is 0.111. The molecule has 1 aliphatic heterocycles. The van der Waals surface area contributed by atoms with E-state index in [9.17, 15) is 4.79 Å². The minimum atomic E-state index is -0.191. The standard InChI is InChI=1S/C18H13BrN2O2/c19-15-3-6-17-13(10-15)9-14(11-23-17)18(22)21-16-4-1-12(2-5-16)7-8-20/h1-6,9-10H,7,11H2,(H,21,22). The molecule has 4 nitrogen and oxygen atoms in total. The fourth-order valence-corrected chi connectivity index (χ4v) is 2.67. The molecular weight excluding hydrogens is 356 g/mol. The minimum absolute atomic E-state index is 0.191. The number of carbonyl (C=O) groups excluding carboxylic acids is 1. The first-order chi connectivity index (χ1) is 11.2. The van der Waals surface area contributed by atoms with Gasteiger partial charge in [0.15, 0.2) is 0 Å². The zero-order valence-electron chi connectivity index (χ0n) is 12.2. The molecule has 2 aromatic carbocycles. The highest BCUT2D eigenvalue weighted by atomic mass is 79.9. The monoisotopic (exact) mass is 368 g/mol. The molecule has 1 aliphatic rings. The second kappa shape index (κ2) is 6.67. The van der Waals surface area contributed by atoms with Crippen molar-refractivity contribution in [3.63, 3.8) is 0 Å². The third-order valence-electron chi connectivity index (χ3n) is 3.47. The Morgan fingerprint density at radius 3 is 2.78 bits per heavy atom. The lowest BCUT2D eigenvalue weighted by atomic mass is 10.1. The van der Waals surface area contributed by atoms with Gasteiger partial charge in [-0.15, -0.1) is 0 Å². The highest BCUT2D eigenvalue weighted by Gasteiger charge is 2.17. The molecule has 0 atom stereocenters. The molecule has 0 saturated carbocycles. The van der Waals surface area contributed by atoms with Gasteiger partial charge in [0.1, 0.15) is 12.4 Å². The van der Waals surface area contributed by atoms with E-state index < -0.39 is 0 Å². The average Bonchev–Trinajstić information content (AvgIpc) is 2.56. The molecule has 114 valence electrons. The Balaban J connectivity index is 1.75. The molecule has 1 N–H and O–H groups in total. The first kappa shape index (κ1) is 15.3. The summed E-state index contributed by atoms with van der Waals surface area (Å²) in [6, 6.07) is 15.0. The van der Waals surface area contributed by atoms with Crippen LogP contribution >= 0.6 is 15.9 Å². The number of anilines is 1. The molecule has 23 heavy (non-hydrogen) atoms. The molecule has 0 aliphatic carbocycles. The number of nitriles is 1. The third kappa shape index (κ3) is 3.61. The van der Waals surface area contributed by atoms with Crippen LogP contribution in [0.1, 0.15) is 11.1 Å². The first-order valence-electron chi connectivity index (χ1n) is 7.06. The Kier molecular flexibility index (Phi) is 4.45. The number of ether oxygens (including phenoxy) is 1. The molecule has 2 aromatic rings. The highest BCUT2D eigenvalue weighted by molar-refractivity contribution is 9.10. The van der Waals surface area contributed by atoms with E-state index in [4.69, 9.17) is 10.00 Å². The summed E-state index contributed by atoms with van der Waals surface area (Å²) in [4.78, 5) is 12.3. The maximum Gasteiger partial charge on any atom is 0.255 e. The zero-order chi connectivity index (χ0) is 16.2. The highest BCUT2D eigenvalue weighted by Crippen LogP contribution is 2.29. The van der Waals surface area contributed by atoms with Gasteiger partial charge in [-0.1, -0.05) is 28.1 Å². The molecule has 0 fully saturated rings. The summed E-state index contributed by atoms with van der Waals surface area (Å²) in [5.74, 6) is 0.578. The first-order valence-corrected chi connectivity index (χ1v) is 7.85. The number of fused-ring (bicyclic) bond motifs is 1. The molecule has 1 heterocycles.